The standard InChI is InChI=1S/C12H25N3/c1-14(2)11-4-8-15(10-11)9-7-12(13)5-3-6-12/h11H,3-10,13H2,1-2H3. The van der Waals surface area contributed by atoms with Crippen LogP contribution in [0.3, 0.4) is 0 Å². The molecule has 1 unspecified atom stereocenters. The van der Waals surface area contributed by atoms with E-state index in [1.807, 2.05) is 0 Å². The number of hydrogen-bond donors (Lipinski definition) is 1. The third kappa shape index (κ3) is 2.71. The molecule has 2 aliphatic rings. The highest BCUT2D eigenvalue weighted by atomic mass is 15.2. The Morgan fingerprint density at radius 3 is 2.60 bits per heavy atom. The Kier molecular flexibility index (Phi) is 3.33. The monoisotopic (exact) mass is 211 g/mol. The highest BCUT2D eigenvalue weighted by Gasteiger charge is 2.33. The van der Waals surface area contributed by atoms with Gasteiger partial charge in [0, 0.05) is 18.1 Å². The Bertz CT molecular complexity index is 211. The Morgan fingerprint density at radius 2 is 2.13 bits per heavy atom. The minimum absolute atomic E-state index is 0.205. The number of likely N-dealkylation sites (N-methyl/N-ethyl adjacent to an activating group) is 1. The molecule has 0 aromatic heterocycles. The molecule has 2 N–H and O–H groups in total. The van der Waals surface area contributed by atoms with Crippen LogP contribution in [0.5, 0.6) is 0 Å². The van der Waals surface area contributed by atoms with E-state index in [0.717, 1.165) is 6.04 Å². The quantitative estimate of drug-likeness (QED) is 0.750. The van der Waals surface area contributed by atoms with E-state index in [2.05, 4.69) is 23.9 Å². The predicted octanol–water partition coefficient (Wildman–Crippen LogP) is 0.894. The zero-order valence-electron chi connectivity index (χ0n) is 10.2. The average Bonchev–Trinajstić information content (AvgIpc) is 2.60. The molecule has 2 rings (SSSR count). The lowest BCUT2D eigenvalue weighted by Crippen LogP contribution is -2.48. The summed E-state index contributed by atoms with van der Waals surface area (Å²) in [5, 5.41) is 0. The van der Waals surface area contributed by atoms with E-state index in [4.69, 9.17) is 5.73 Å². The van der Waals surface area contributed by atoms with Crippen LogP contribution >= 0.6 is 0 Å². The molecule has 0 aromatic carbocycles. The van der Waals surface area contributed by atoms with Gasteiger partial charge in [-0.25, -0.2) is 0 Å². The summed E-state index contributed by atoms with van der Waals surface area (Å²) in [5.41, 5.74) is 6.44. The number of rotatable bonds is 4. The van der Waals surface area contributed by atoms with Gasteiger partial charge in [0.1, 0.15) is 0 Å². The summed E-state index contributed by atoms with van der Waals surface area (Å²) in [5.74, 6) is 0. The Hall–Kier alpha value is -0.120. The van der Waals surface area contributed by atoms with E-state index in [1.165, 1.54) is 51.7 Å². The van der Waals surface area contributed by atoms with Crippen molar-refractivity contribution in [3.63, 3.8) is 0 Å². The lowest BCUT2D eigenvalue weighted by atomic mass is 9.75. The first kappa shape index (κ1) is 11.4. The first-order valence-electron chi connectivity index (χ1n) is 6.27. The van der Waals surface area contributed by atoms with Gasteiger partial charge >= 0.3 is 0 Å². The smallest absolute Gasteiger partial charge is 0.0229 e. The molecule has 1 saturated heterocycles. The van der Waals surface area contributed by atoms with Gasteiger partial charge in [0.15, 0.2) is 0 Å². The Labute approximate surface area is 93.6 Å². The van der Waals surface area contributed by atoms with E-state index >= 15 is 0 Å². The lowest BCUT2D eigenvalue weighted by Gasteiger charge is -2.39. The molecule has 1 aliphatic carbocycles. The van der Waals surface area contributed by atoms with Gasteiger partial charge in [-0.05, 0) is 59.3 Å². The minimum atomic E-state index is 0.205. The molecule has 1 atom stereocenters. The van der Waals surface area contributed by atoms with Crippen LogP contribution in [0.25, 0.3) is 0 Å². The topological polar surface area (TPSA) is 32.5 Å². The maximum absolute atomic E-state index is 6.24. The van der Waals surface area contributed by atoms with Crippen molar-refractivity contribution < 1.29 is 0 Å². The lowest BCUT2D eigenvalue weighted by molar-refractivity contribution is 0.189. The average molecular weight is 211 g/mol. The van der Waals surface area contributed by atoms with Crippen molar-refractivity contribution in [2.24, 2.45) is 5.73 Å². The largest absolute Gasteiger partial charge is 0.325 e. The van der Waals surface area contributed by atoms with Gasteiger partial charge in [0.2, 0.25) is 0 Å². The SMILES string of the molecule is CN(C)C1CCN(CCC2(N)CCC2)C1. The fraction of sp³-hybridized carbons (Fsp3) is 1.00. The molecular weight excluding hydrogens is 186 g/mol. The highest BCUT2D eigenvalue weighted by molar-refractivity contribution is 4.93. The molecule has 0 aromatic rings. The number of hydrogen-bond acceptors (Lipinski definition) is 3. The zero-order chi connectivity index (χ0) is 10.9. The molecule has 88 valence electrons. The van der Waals surface area contributed by atoms with Crippen molar-refractivity contribution in [2.45, 2.75) is 43.7 Å². The highest BCUT2D eigenvalue weighted by Crippen LogP contribution is 2.32. The summed E-state index contributed by atoms with van der Waals surface area (Å²) in [6.45, 7) is 3.71. The fourth-order valence-corrected chi connectivity index (χ4v) is 2.70. The van der Waals surface area contributed by atoms with E-state index in [-0.39, 0.29) is 5.54 Å². The van der Waals surface area contributed by atoms with Crippen LogP contribution in [0.1, 0.15) is 32.1 Å². The molecule has 1 heterocycles. The van der Waals surface area contributed by atoms with E-state index in [9.17, 15) is 0 Å². The van der Waals surface area contributed by atoms with Crippen molar-refractivity contribution in [3.8, 4) is 0 Å². The van der Waals surface area contributed by atoms with Crippen molar-refractivity contribution in [1.82, 2.24) is 9.80 Å². The molecule has 0 bridgehead atoms. The molecule has 0 radical (unpaired) electrons. The normalized spacial score (nSPS) is 30.8. The first-order valence-corrected chi connectivity index (χ1v) is 6.27. The van der Waals surface area contributed by atoms with Crippen LogP contribution in [-0.4, -0.2) is 55.1 Å². The molecule has 0 amide bonds. The Balaban J connectivity index is 1.68. The van der Waals surface area contributed by atoms with Crippen LogP contribution in [0, 0.1) is 0 Å². The third-order valence-electron chi connectivity index (χ3n) is 4.25. The van der Waals surface area contributed by atoms with Crippen LogP contribution in [0.15, 0.2) is 0 Å². The summed E-state index contributed by atoms with van der Waals surface area (Å²) in [7, 11) is 4.37. The molecule has 3 heteroatoms. The van der Waals surface area contributed by atoms with Crippen molar-refractivity contribution >= 4 is 0 Å². The van der Waals surface area contributed by atoms with Crippen LogP contribution in [-0.2, 0) is 0 Å². The summed E-state index contributed by atoms with van der Waals surface area (Å²) in [6.07, 6.45) is 6.37. The molecule has 1 saturated carbocycles. The van der Waals surface area contributed by atoms with Gasteiger partial charge in [0.25, 0.3) is 0 Å². The molecule has 1 aliphatic heterocycles. The van der Waals surface area contributed by atoms with Crippen LogP contribution in [0.4, 0.5) is 0 Å². The molecule has 3 nitrogen and oxygen atoms in total. The molecule has 2 fully saturated rings. The predicted molar refractivity (Wildman–Crippen MR) is 63.9 cm³/mol. The first-order chi connectivity index (χ1) is 7.09. The van der Waals surface area contributed by atoms with Gasteiger partial charge in [-0.3, -0.25) is 0 Å². The van der Waals surface area contributed by atoms with Gasteiger partial charge in [0.05, 0.1) is 0 Å². The van der Waals surface area contributed by atoms with Crippen LogP contribution in [0.2, 0.25) is 0 Å². The maximum atomic E-state index is 6.24. The third-order valence-corrected chi connectivity index (χ3v) is 4.25. The number of likely N-dealkylation sites (tertiary alicyclic amines) is 1. The van der Waals surface area contributed by atoms with Crippen molar-refractivity contribution in [2.75, 3.05) is 33.7 Å². The van der Waals surface area contributed by atoms with Crippen LogP contribution < -0.4 is 5.73 Å². The van der Waals surface area contributed by atoms with Crippen molar-refractivity contribution in [1.29, 1.82) is 0 Å². The summed E-state index contributed by atoms with van der Waals surface area (Å²) in [4.78, 5) is 4.93. The fourth-order valence-electron chi connectivity index (χ4n) is 2.70. The Morgan fingerprint density at radius 1 is 1.40 bits per heavy atom. The molecular formula is C12H25N3. The van der Waals surface area contributed by atoms with E-state index in [0.29, 0.717) is 0 Å². The van der Waals surface area contributed by atoms with Gasteiger partial charge in [-0.15, -0.1) is 0 Å². The van der Waals surface area contributed by atoms with Crippen molar-refractivity contribution in [3.05, 3.63) is 0 Å². The second-order valence-electron chi connectivity index (χ2n) is 5.67. The summed E-state index contributed by atoms with van der Waals surface area (Å²) >= 11 is 0. The zero-order valence-corrected chi connectivity index (χ0v) is 10.2. The number of nitrogens with two attached hydrogens (primary N) is 1. The molecule has 15 heavy (non-hydrogen) atoms. The van der Waals surface area contributed by atoms with E-state index < -0.39 is 0 Å². The van der Waals surface area contributed by atoms with E-state index in [1.54, 1.807) is 0 Å². The van der Waals surface area contributed by atoms with Gasteiger partial charge in [-0.2, -0.15) is 0 Å². The van der Waals surface area contributed by atoms with Gasteiger partial charge < -0.3 is 15.5 Å². The summed E-state index contributed by atoms with van der Waals surface area (Å²) in [6, 6.07) is 0.764. The van der Waals surface area contributed by atoms with Gasteiger partial charge in [-0.1, -0.05) is 0 Å². The minimum Gasteiger partial charge on any atom is -0.325 e. The summed E-state index contributed by atoms with van der Waals surface area (Å²) < 4.78 is 0. The maximum Gasteiger partial charge on any atom is 0.0229 e. The second kappa shape index (κ2) is 4.40. The number of nitrogens with zero attached hydrogens (tertiary/aromatic N) is 2. The molecule has 0 spiro atoms. The second-order valence-corrected chi connectivity index (χ2v) is 5.67.